The lowest BCUT2D eigenvalue weighted by Gasteiger charge is -2.08. The van der Waals surface area contributed by atoms with Crippen molar-refractivity contribution >= 4 is 6.09 Å². The molecule has 0 aliphatic carbocycles. The van der Waals surface area contributed by atoms with Crippen LogP contribution in [-0.4, -0.2) is 19.2 Å². The number of para-hydroxylation sites is 1. The van der Waals surface area contributed by atoms with Gasteiger partial charge in [-0.25, -0.2) is 4.79 Å². The van der Waals surface area contributed by atoms with Gasteiger partial charge in [-0.1, -0.05) is 12.1 Å². The van der Waals surface area contributed by atoms with Crippen LogP contribution in [0.3, 0.4) is 0 Å². The Hall–Kier alpha value is -1.71. The van der Waals surface area contributed by atoms with E-state index in [-0.39, 0.29) is 6.10 Å². The van der Waals surface area contributed by atoms with E-state index in [9.17, 15) is 4.79 Å². The van der Waals surface area contributed by atoms with Crippen molar-refractivity contribution in [3.05, 3.63) is 23.8 Å². The summed E-state index contributed by atoms with van der Waals surface area (Å²) in [7, 11) is 1.52. The first-order chi connectivity index (χ1) is 7.20. The quantitative estimate of drug-likeness (QED) is 0.762. The second-order valence-corrected chi connectivity index (χ2v) is 3.52. The van der Waals surface area contributed by atoms with Gasteiger partial charge < -0.3 is 14.8 Å². The number of hydrogen-bond acceptors (Lipinski definition) is 3. The summed E-state index contributed by atoms with van der Waals surface area (Å²) in [4.78, 5) is 11.1. The Balaban J connectivity index is 2.26. The molecule has 0 saturated carbocycles. The van der Waals surface area contributed by atoms with Gasteiger partial charge in [0.05, 0.1) is 0 Å². The first-order valence-electron chi connectivity index (χ1n) is 4.89. The van der Waals surface area contributed by atoms with E-state index in [2.05, 4.69) is 5.32 Å². The highest BCUT2D eigenvalue weighted by molar-refractivity contribution is 5.71. The second-order valence-electron chi connectivity index (χ2n) is 3.52. The SMILES string of the molecule is CNC(=O)Oc1cccc2c1O[C@H](C)C2. The Labute approximate surface area is 88.2 Å². The number of amides is 1. The summed E-state index contributed by atoms with van der Waals surface area (Å²) in [5, 5.41) is 2.40. The molecule has 0 radical (unpaired) electrons. The molecular formula is C11H13NO3. The summed E-state index contributed by atoms with van der Waals surface area (Å²) >= 11 is 0. The second kappa shape index (κ2) is 3.81. The maximum absolute atomic E-state index is 11.1. The number of ether oxygens (including phenoxy) is 2. The van der Waals surface area contributed by atoms with Crippen molar-refractivity contribution in [2.75, 3.05) is 7.05 Å². The van der Waals surface area contributed by atoms with Gasteiger partial charge in [0, 0.05) is 19.0 Å². The van der Waals surface area contributed by atoms with Crippen LogP contribution in [0.15, 0.2) is 18.2 Å². The maximum atomic E-state index is 11.1. The van der Waals surface area contributed by atoms with Gasteiger partial charge in [0.15, 0.2) is 11.5 Å². The lowest BCUT2D eigenvalue weighted by Crippen LogP contribution is -2.22. The zero-order valence-electron chi connectivity index (χ0n) is 8.74. The molecule has 1 aromatic rings. The molecule has 1 atom stereocenters. The van der Waals surface area contributed by atoms with E-state index in [1.807, 2.05) is 19.1 Å². The van der Waals surface area contributed by atoms with Crippen molar-refractivity contribution in [3.8, 4) is 11.5 Å². The fourth-order valence-electron chi connectivity index (χ4n) is 1.64. The largest absolute Gasteiger partial charge is 0.486 e. The zero-order chi connectivity index (χ0) is 10.8. The monoisotopic (exact) mass is 207 g/mol. The number of rotatable bonds is 1. The first kappa shape index (κ1) is 9.83. The van der Waals surface area contributed by atoms with Gasteiger partial charge in [-0.2, -0.15) is 0 Å². The van der Waals surface area contributed by atoms with Gasteiger partial charge in [0.2, 0.25) is 0 Å². The number of carbonyl (C=O) groups is 1. The predicted molar refractivity (Wildman–Crippen MR) is 55.3 cm³/mol. The molecule has 1 aliphatic heterocycles. The van der Waals surface area contributed by atoms with Crippen molar-refractivity contribution in [1.82, 2.24) is 5.32 Å². The van der Waals surface area contributed by atoms with Crippen LogP contribution in [0.4, 0.5) is 4.79 Å². The van der Waals surface area contributed by atoms with E-state index in [4.69, 9.17) is 9.47 Å². The van der Waals surface area contributed by atoms with Crippen LogP contribution >= 0.6 is 0 Å². The zero-order valence-corrected chi connectivity index (χ0v) is 8.74. The number of hydrogen-bond donors (Lipinski definition) is 1. The third-order valence-electron chi connectivity index (χ3n) is 2.29. The summed E-state index contributed by atoms with van der Waals surface area (Å²) in [5.41, 5.74) is 1.09. The Morgan fingerprint density at radius 1 is 1.60 bits per heavy atom. The Kier molecular flexibility index (Phi) is 2.49. The van der Waals surface area contributed by atoms with Crippen molar-refractivity contribution in [3.63, 3.8) is 0 Å². The minimum Gasteiger partial charge on any atom is -0.486 e. The lowest BCUT2D eigenvalue weighted by molar-refractivity contribution is 0.196. The first-order valence-corrected chi connectivity index (χ1v) is 4.89. The van der Waals surface area contributed by atoms with Crippen LogP contribution in [0.5, 0.6) is 11.5 Å². The van der Waals surface area contributed by atoms with Gasteiger partial charge in [0.1, 0.15) is 6.10 Å². The van der Waals surface area contributed by atoms with Crippen LogP contribution in [0.1, 0.15) is 12.5 Å². The highest BCUT2D eigenvalue weighted by Crippen LogP contribution is 2.37. The molecule has 1 aliphatic rings. The summed E-state index contributed by atoms with van der Waals surface area (Å²) in [6.07, 6.45) is 0.529. The number of benzene rings is 1. The molecule has 0 fully saturated rings. The minimum atomic E-state index is -0.480. The van der Waals surface area contributed by atoms with E-state index in [1.54, 1.807) is 6.07 Å². The molecular weight excluding hydrogens is 194 g/mol. The van der Waals surface area contributed by atoms with Crippen molar-refractivity contribution < 1.29 is 14.3 Å². The van der Waals surface area contributed by atoms with E-state index in [0.717, 1.165) is 12.0 Å². The summed E-state index contributed by atoms with van der Waals surface area (Å²) < 4.78 is 10.7. The molecule has 1 amide bonds. The van der Waals surface area contributed by atoms with E-state index in [1.165, 1.54) is 7.05 Å². The summed E-state index contributed by atoms with van der Waals surface area (Å²) in [5.74, 6) is 1.17. The molecule has 4 nitrogen and oxygen atoms in total. The molecule has 2 rings (SSSR count). The fraction of sp³-hybridized carbons (Fsp3) is 0.364. The standard InChI is InChI=1S/C11H13NO3/c1-7-6-8-4-3-5-9(10(8)14-7)15-11(13)12-2/h3-5,7H,6H2,1-2H3,(H,12,13)/t7-/m1/s1. The van der Waals surface area contributed by atoms with Crippen LogP contribution in [0.25, 0.3) is 0 Å². The van der Waals surface area contributed by atoms with Crippen molar-refractivity contribution in [2.24, 2.45) is 0 Å². The third-order valence-corrected chi connectivity index (χ3v) is 2.29. The topological polar surface area (TPSA) is 47.6 Å². The van der Waals surface area contributed by atoms with Crippen LogP contribution in [0.2, 0.25) is 0 Å². The Bertz CT molecular complexity index is 389. The Morgan fingerprint density at radius 3 is 3.13 bits per heavy atom. The molecule has 0 bridgehead atoms. The number of fused-ring (bicyclic) bond motifs is 1. The minimum absolute atomic E-state index is 0.148. The predicted octanol–water partition coefficient (Wildman–Crippen LogP) is 1.73. The number of carbonyl (C=O) groups excluding carboxylic acids is 1. The van der Waals surface area contributed by atoms with Gasteiger partial charge in [-0.3, -0.25) is 0 Å². The van der Waals surface area contributed by atoms with Crippen LogP contribution in [-0.2, 0) is 6.42 Å². The summed E-state index contributed by atoms with van der Waals surface area (Å²) in [6, 6.07) is 5.57. The molecule has 0 spiro atoms. The lowest BCUT2D eigenvalue weighted by atomic mass is 10.1. The van der Waals surface area contributed by atoms with Crippen LogP contribution in [0, 0.1) is 0 Å². The molecule has 0 unspecified atom stereocenters. The molecule has 0 saturated heterocycles. The van der Waals surface area contributed by atoms with Gasteiger partial charge in [0.25, 0.3) is 0 Å². The van der Waals surface area contributed by atoms with Crippen LogP contribution < -0.4 is 14.8 Å². The van der Waals surface area contributed by atoms with E-state index < -0.39 is 6.09 Å². The summed E-state index contributed by atoms with van der Waals surface area (Å²) in [6.45, 7) is 1.99. The molecule has 15 heavy (non-hydrogen) atoms. The average Bonchev–Trinajstić information content (AvgIpc) is 2.59. The van der Waals surface area contributed by atoms with Gasteiger partial charge in [-0.15, -0.1) is 0 Å². The maximum Gasteiger partial charge on any atom is 0.412 e. The van der Waals surface area contributed by atoms with E-state index >= 15 is 0 Å². The number of nitrogens with one attached hydrogen (secondary N) is 1. The highest BCUT2D eigenvalue weighted by atomic mass is 16.6. The molecule has 80 valence electrons. The van der Waals surface area contributed by atoms with Gasteiger partial charge >= 0.3 is 6.09 Å². The van der Waals surface area contributed by atoms with E-state index in [0.29, 0.717) is 11.5 Å². The molecule has 1 aromatic carbocycles. The third kappa shape index (κ3) is 1.88. The molecule has 0 aromatic heterocycles. The molecule has 1 heterocycles. The average molecular weight is 207 g/mol. The normalized spacial score (nSPS) is 17.9. The molecule has 1 N–H and O–H groups in total. The highest BCUT2D eigenvalue weighted by Gasteiger charge is 2.23. The fourth-order valence-corrected chi connectivity index (χ4v) is 1.64. The molecule has 4 heteroatoms. The van der Waals surface area contributed by atoms with Gasteiger partial charge in [-0.05, 0) is 13.0 Å². The Morgan fingerprint density at radius 2 is 2.40 bits per heavy atom. The van der Waals surface area contributed by atoms with Crippen molar-refractivity contribution in [2.45, 2.75) is 19.4 Å². The van der Waals surface area contributed by atoms with Crippen molar-refractivity contribution in [1.29, 1.82) is 0 Å². The smallest absolute Gasteiger partial charge is 0.412 e.